The second-order valence-electron chi connectivity index (χ2n) is 13.7. The van der Waals surface area contributed by atoms with Gasteiger partial charge < -0.3 is 50.1 Å². The molecule has 0 bridgehead atoms. The molecule has 1 fully saturated rings. The second kappa shape index (κ2) is 19.0. The van der Waals surface area contributed by atoms with E-state index in [1.54, 1.807) is 11.1 Å². The highest BCUT2D eigenvalue weighted by Crippen LogP contribution is 2.33. The van der Waals surface area contributed by atoms with Gasteiger partial charge in [-0.1, -0.05) is 62.4 Å². The van der Waals surface area contributed by atoms with Crippen LogP contribution >= 0.6 is 0 Å². The van der Waals surface area contributed by atoms with Crippen molar-refractivity contribution in [2.45, 2.75) is 63.7 Å². The lowest BCUT2D eigenvalue weighted by molar-refractivity contribution is -0.135. The minimum absolute atomic E-state index is 0.00356. The molecule has 0 spiro atoms. The van der Waals surface area contributed by atoms with Crippen LogP contribution in [0.25, 0.3) is 33.6 Å². The molecule has 0 saturated carbocycles. The van der Waals surface area contributed by atoms with Crippen molar-refractivity contribution in [1.29, 1.82) is 0 Å². The number of methoxy groups -OCH3 is 3. The Hall–Kier alpha value is -5.74. The maximum atomic E-state index is 13.4. The highest BCUT2D eigenvalue weighted by atomic mass is 16.5. The first kappa shape index (κ1) is 40.4. The lowest BCUT2D eigenvalue weighted by Gasteiger charge is -2.27. The van der Waals surface area contributed by atoms with E-state index in [0.717, 1.165) is 46.5 Å². The fraction of sp³-hybridized carbons (Fsp3) is 0.436. The molecule has 0 unspecified atom stereocenters. The lowest BCUT2D eigenvalue weighted by atomic mass is 10.0. The van der Waals surface area contributed by atoms with E-state index < -0.39 is 30.3 Å². The van der Waals surface area contributed by atoms with Gasteiger partial charge in [0.1, 0.15) is 23.7 Å². The first-order valence-electron chi connectivity index (χ1n) is 18.3. The summed E-state index contributed by atoms with van der Waals surface area (Å²) in [6.07, 6.45) is 3.70. The number of imidazole rings is 2. The van der Waals surface area contributed by atoms with E-state index in [4.69, 9.17) is 19.4 Å². The molecule has 5 rings (SSSR count). The molecule has 1 saturated heterocycles. The Bertz CT molecular complexity index is 1890. The van der Waals surface area contributed by atoms with Gasteiger partial charge in [0, 0.05) is 70.3 Å². The fourth-order valence-corrected chi connectivity index (χ4v) is 6.63. The van der Waals surface area contributed by atoms with Gasteiger partial charge in [0.2, 0.25) is 11.8 Å². The zero-order chi connectivity index (χ0) is 39.5. The number of hydrogen-bond donors (Lipinski definition) is 6. The largest absolute Gasteiger partial charge is 0.465 e. The number of likely N-dealkylation sites (tertiary alicyclic amines) is 1. The zero-order valence-electron chi connectivity index (χ0n) is 31.8. The number of alkyl carbamates (subject to hydrolysis) is 1. The average Bonchev–Trinajstić information content (AvgIpc) is 3.98. The molecule has 2 aromatic heterocycles. The topological polar surface area (TPSA) is 213 Å². The quantitative estimate of drug-likeness (QED) is 0.0844. The standard InChI is InChI=1S/C39H50N8O8/c1-23(2)33(46-36(48)28(16-19-53-3)45-39(52)55-5)35-41-22-31(43-35)27-14-10-25(11-15-27)24-8-12-26(13-9-24)30-21-40-34(42-30)32-7-6-18-47(32)37(49)29(17-20-54-4)44-38(50)51/h8-15,21-23,28-29,32-33,44H,6-7,16-20H2,1-5H3,(H,40,42)(H,41,43)(H,45,52)(H,46,48)(H,50,51)/t28-,29-,32-,33-/m0/s1. The molecular formula is C39H50N8O8. The van der Waals surface area contributed by atoms with E-state index in [-0.39, 0.29) is 49.8 Å². The van der Waals surface area contributed by atoms with E-state index in [1.807, 2.05) is 68.6 Å². The number of benzene rings is 2. The number of ether oxygens (including phenoxy) is 3. The van der Waals surface area contributed by atoms with E-state index in [2.05, 4.69) is 30.7 Å². The summed E-state index contributed by atoms with van der Waals surface area (Å²) in [5.74, 6) is 0.596. The highest BCUT2D eigenvalue weighted by molar-refractivity contribution is 5.86. The van der Waals surface area contributed by atoms with Crippen LogP contribution in [0.4, 0.5) is 9.59 Å². The molecule has 0 aliphatic carbocycles. The molecule has 1 aliphatic heterocycles. The monoisotopic (exact) mass is 758 g/mol. The van der Waals surface area contributed by atoms with Gasteiger partial charge in [-0.2, -0.15) is 0 Å². The zero-order valence-corrected chi connectivity index (χ0v) is 31.8. The smallest absolute Gasteiger partial charge is 0.407 e. The molecule has 4 atom stereocenters. The van der Waals surface area contributed by atoms with Crippen LogP contribution in [0.3, 0.4) is 0 Å². The normalized spacial score (nSPS) is 15.7. The average molecular weight is 759 g/mol. The number of nitrogens with zero attached hydrogens (tertiary/aromatic N) is 3. The molecule has 4 amide bonds. The molecule has 16 nitrogen and oxygen atoms in total. The maximum Gasteiger partial charge on any atom is 0.407 e. The van der Waals surface area contributed by atoms with Gasteiger partial charge >= 0.3 is 12.2 Å². The highest BCUT2D eigenvalue weighted by Gasteiger charge is 2.36. The van der Waals surface area contributed by atoms with Crippen molar-refractivity contribution in [3.63, 3.8) is 0 Å². The first-order valence-corrected chi connectivity index (χ1v) is 18.3. The Kier molecular flexibility index (Phi) is 14.0. The number of H-pyrrole nitrogens is 2. The molecule has 3 heterocycles. The van der Waals surface area contributed by atoms with Crippen molar-refractivity contribution in [3.8, 4) is 33.6 Å². The third kappa shape index (κ3) is 10.3. The number of amides is 4. The Morgan fingerprint density at radius 3 is 1.93 bits per heavy atom. The van der Waals surface area contributed by atoms with Gasteiger partial charge in [-0.3, -0.25) is 9.59 Å². The first-order chi connectivity index (χ1) is 26.5. The van der Waals surface area contributed by atoms with Crippen LogP contribution in [0.1, 0.15) is 63.3 Å². The molecule has 6 N–H and O–H groups in total. The van der Waals surface area contributed by atoms with Crippen LogP contribution in [0, 0.1) is 5.92 Å². The van der Waals surface area contributed by atoms with Crippen molar-refractivity contribution < 1.29 is 38.5 Å². The number of carboxylic acid groups (broad SMARTS) is 1. The van der Waals surface area contributed by atoms with Gasteiger partial charge in [-0.05, 0) is 29.9 Å². The van der Waals surface area contributed by atoms with Crippen molar-refractivity contribution >= 4 is 24.0 Å². The predicted octanol–water partition coefficient (Wildman–Crippen LogP) is 5.04. The minimum Gasteiger partial charge on any atom is -0.465 e. The molecule has 294 valence electrons. The summed E-state index contributed by atoms with van der Waals surface area (Å²) >= 11 is 0. The summed E-state index contributed by atoms with van der Waals surface area (Å²) in [7, 11) is 4.28. The second-order valence-corrected chi connectivity index (χ2v) is 13.7. The van der Waals surface area contributed by atoms with Crippen LogP contribution in [-0.4, -0.2) is 107 Å². The summed E-state index contributed by atoms with van der Waals surface area (Å²) in [6, 6.07) is 13.6. The Morgan fingerprint density at radius 2 is 1.36 bits per heavy atom. The molecule has 2 aromatic carbocycles. The third-order valence-electron chi connectivity index (χ3n) is 9.61. The van der Waals surface area contributed by atoms with Gasteiger partial charge in [-0.15, -0.1) is 0 Å². The fourth-order valence-electron chi connectivity index (χ4n) is 6.63. The molecular weight excluding hydrogens is 708 g/mol. The number of carbonyl (C=O) groups excluding carboxylic acids is 3. The summed E-state index contributed by atoms with van der Waals surface area (Å²) in [5.41, 5.74) is 5.30. The van der Waals surface area contributed by atoms with Crippen LogP contribution in [0.5, 0.6) is 0 Å². The van der Waals surface area contributed by atoms with Crippen molar-refractivity contribution in [2.24, 2.45) is 5.92 Å². The third-order valence-corrected chi connectivity index (χ3v) is 9.61. The summed E-state index contributed by atoms with van der Waals surface area (Å²) in [6.45, 7) is 5.01. The number of hydrogen-bond acceptors (Lipinski definition) is 9. The van der Waals surface area contributed by atoms with Crippen LogP contribution in [-0.2, 0) is 23.8 Å². The van der Waals surface area contributed by atoms with Crippen molar-refractivity contribution in [1.82, 2.24) is 40.8 Å². The Labute approximate surface area is 319 Å². The van der Waals surface area contributed by atoms with Crippen LogP contribution < -0.4 is 16.0 Å². The molecule has 0 radical (unpaired) electrons. The van der Waals surface area contributed by atoms with E-state index in [1.165, 1.54) is 21.3 Å². The SMILES string of the molecule is COCC[C@H](NC(=O)OC)C(=O)N[C@H](c1nc(-c2ccc(-c3ccc(-c4c[nH]c([C@@H]5CCCN5C(=O)[C@H](CCOC)NC(=O)O)n4)cc3)cc2)c[nH]1)C(C)C. The lowest BCUT2D eigenvalue weighted by Crippen LogP contribution is -2.49. The molecule has 16 heteroatoms. The van der Waals surface area contributed by atoms with Gasteiger partial charge in [0.25, 0.3) is 0 Å². The van der Waals surface area contributed by atoms with E-state index >= 15 is 0 Å². The Balaban J connectivity index is 1.24. The molecule has 4 aromatic rings. The van der Waals surface area contributed by atoms with Crippen molar-refractivity contribution in [2.75, 3.05) is 41.1 Å². The maximum absolute atomic E-state index is 13.4. The molecule has 1 aliphatic rings. The van der Waals surface area contributed by atoms with E-state index in [0.29, 0.717) is 18.2 Å². The number of aromatic amines is 2. The van der Waals surface area contributed by atoms with Crippen LogP contribution in [0.2, 0.25) is 0 Å². The molecule has 55 heavy (non-hydrogen) atoms. The number of nitrogens with one attached hydrogen (secondary N) is 5. The minimum atomic E-state index is -1.25. The van der Waals surface area contributed by atoms with E-state index in [9.17, 15) is 24.3 Å². The number of carbonyl (C=O) groups is 4. The summed E-state index contributed by atoms with van der Waals surface area (Å²) in [4.78, 5) is 67.6. The number of aromatic nitrogens is 4. The summed E-state index contributed by atoms with van der Waals surface area (Å²) < 4.78 is 14.9. The predicted molar refractivity (Wildman–Crippen MR) is 204 cm³/mol. The summed E-state index contributed by atoms with van der Waals surface area (Å²) in [5, 5.41) is 17.2. The van der Waals surface area contributed by atoms with Gasteiger partial charge in [0.05, 0.1) is 30.6 Å². The van der Waals surface area contributed by atoms with Crippen molar-refractivity contribution in [3.05, 3.63) is 72.6 Å². The Morgan fingerprint density at radius 1 is 0.800 bits per heavy atom. The van der Waals surface area contributed by atoms with Crippen LogP contribution in [0.15, 0.2) is 60.9 Å². The number of rotatable bonds is 17. The van der Waals surface area contributed by atoms with Gasteiger partial charge in [0.15, 0.2) is 0 Å². The van der Waals surface area contributed by atoms with Gasteiger partial charge in [-0.25, -0.2) is 19.6 Å².